The maximum absolute atomic E-state index is 12.4. The summed E-state index contributed by atoms with van der Waals surface area (Å²) in [5, 5.41) is 10.3. The van der Waals surface area contributed by atoms with E-state index < -0.39 is 0 Å². The first-order valence-electron chi connectivity index (χ1n) is 10.4. The lowest BCUT2D eigenvalue weighted by Crippen LogP contribution is -2.42. The summed E-state index contributed by atoms with van der Waals surface area (Å²) in [5.74, 6) is -0.685. The van der Waals surface area contributed by atoms with Crippen LogP contribution in [0.1, 0.15) is 25.3 Å². The molecule has 0 aromatic heterocycles. The van der Waals surface area contributed by atoms with Gasteiger partial charge in [-0.1, -0.05) is 66.7 Å². The molecule has 0 heterocycles. The molecule has 0 saturated heterocycles. The highest BCUT2D eigenvalue weighted by Crippen LogP contribution is 2.23. The van der Waals surface area contributed by atoms with Gasteiger partial charge in [-0.25, -0.2) is 0 Å². The van der Waals surface area contributed by atoms with Crippen LogP contribution in [0.25, 0.3) is 10.8 Å². The Balaban J connectivity index is 1.39. The number of hydrogen-bond acceptors (Lipinski definition) is 3. The maximum atomic E-state index is 12.4. The van der Waals surface area contributed by atoms with Crippen molar-refractivity contribution in [1.29, 1.82) is 0 Å². The van der Waals surface area contributed by atoms with Crippen LogP contribution in [0.2, 0.25) is 0 Å². The Morgan fingerprint density at radius 2 is 1.52 bits per heavy atom. The quantitative estimate of drug-likeness (QED) is 0.499. The Morgan fingerprint density at radius 3 is 2.32 bits per heavy atom. The van der Waals surface area contributed by atoms with E-state index in [1.54, 1.807) is 6.92 Å². The minimum atomic E-state index is -0.358. The van der Waals surface area contributed by atoms with Crippen LogP contribution in [0.4, 0.5) is 5.69 Å². The summed E-state index contributed by atoms with van der Waals surface area (Å²) in [4.78, 5) is 36.4. The molecule has 3 N–H and O–H groups in total. The molecule has 0 fully saturated rings. The SMILES string of the molecule is CC(CC(=O)Nc1cccc2ccccc12)NC(=O)CNC(=O)CCc1ccccc1. The van der Waals surface area contributed by atoms with Gasteiger partial charge in [-0.05, 0) is 30.4 Å². The first kappa shape index (κ1) is 22.0. The van der Waals surface area contributed by atoms with E-state index in [0.29, 0.717) is 12.8 Å². The Kier molecular flexibility index (Phi) is 7.76. The second-order valence-corrected chi connectivity index (χ2v) is 7.51. The Bertz CT molecular complexity index is 1040. The number of benzene rings is 3. The first-order valence-corrected chi connectivity index (χ1v) is 10.4. The van der Waals surface area contributed by atoms with E-state index in [9.17, 15) is 14.4 Å². The molecule has 0 aliphatic rings. The Labute approximate surface area is 182 Å². The fraction of sp³-hybridized carbons (Fsp3) is 0.240. The van der Waals surface area contributed by atoms with Crippen LogP contribution in [0.15, 0.2) is 72.8 Å². The van der Waals surface area contributed by atoms with E-state index in [2.05, 4.69) is 16.0 Å². The number of anilines is 1. The molecule has 1 atom stereocenters. The summed E-state index contributed by atoms with van der Waals surface area (Å²) in [6, 6.07) is 22.9. The van der Waals surface area contributed by atoms with Gasteiger partial charge in [0.05, 0.1) is 6.54 Å². The summed E-state index contributed by atoms with van der Waals surface area (Å²) in [6.45, 7) is 1.65. The topological polar surface area (TPSA) is 87.3 Å². The number of rotatable bonds is 9. The second-order valence-electron chi connectivity index (χ2n) is 7.51. The third kappa shape index (κ3) is 6.96. The summed E-state index contributed by atoms with van der Waals surface area (Å²) >= 11 is 0. The predicted octanol–water partition coefficient (Wildman–Crippen LogP) is 3.42. The molecule has 0 aliphatic heterocycles. The second kappa shape index (κ2) is 10.9. The smallest absolute Gasteiger partial charge is 0.239 e. The van der Waals surface area contributed by atoms with Crippen molar-refractivity contribution in [2.45, 2.75) is 32.2 Å². The zero-order valence-electron chi connectivity index (χ0n) is 17.6. The number of amides is 3. The van der Waals surface area contributed by atoms with E-state index in [0.717, 1.165) is 22.0 Å². The van der Waals surface area contributed by atoms with Crippen molar-refractivity contribution in [3.8, 4) is 0 Å². The molecule has 160 valence electrons. The van der Waals surface area contributed by atoms with E-state index in [-0.39, 0.29) is 36.7 Å². The predicted molar refractivity (Wildman–Crippen MR) is 123 cm³/mol. The van der Waals surface area contributed by atoms with Crippen molar-refractivity contribution in [2.24, 2.45) is 0 Å². The lowest BCUT2D eigenvalue weighted by molar-refractivity contribution is -0.126. The van der Waals surface area contributed by atoms with Gasteiger partial charge in [0, 0.05) is 30.0 Å². The molecular formula is C25H27N3O3. The van der Waals surface area contributed by atoms with E-state index >= 15 is 0 Å². The van der Waals surface area contributed by atoms with Gasteiger partial charge in [0.25, 0.3) is 0 Å². The van der Waals surface area contributed by atoms with Crippen molar-refractivity contribution in [2.75, 3.05) is 11.9 Å². The van der Waals surface area contributed by atoms with Gasteiger partial charge in [-0.3, -0.25) is 14.4 Å². The highest BCUT2D eigenvalue weighted by atomic mass is 16.2. The number of carbonyl (C=O) groups is 3. The van der Waals surface area contributed by atoms with E-state index in [1.165, 1.54) is 0 Å². The first-order chi connectivity index (χ1) is 15.0. The lowest BCUT2D eigenvalue weighted by Gasteiger charge is -2.15. The molecule has 0 aliphatic carbocycles. The number of aryl methyl sites for hydroxylation is 1. The molecule has 3 aromatic carbocycles. The van der Waals surface area contributed by atoms with Crippen molar-refractivity contribution >= 4 is 34.2 Å². The van der Waals surface area contributed by atoms with Gasteiger partial charge in [0.15, 0.2) is 0 Å². The molecule has 0 saturated carbocycles. The zero-order valence-corrected chi connectivity index (χ0v) is 17.6. The molecule has 0 spiro atoms. The van der Waals surface area contributed by atoms with Crippen LogP contribution in [0.3, 0.4) is 0 Å². The van der Waals surface area contributed by atoms with Crippen LogP contribution in [0.5, 0.6) is 0 Å². The largest absolute Gasteiger partial charge is 0.352 e. The molecule has 3 rings (SSSR count). The van der Waals surface area contributed by atoms with Gasteiger partial charge in [0.2, 0.25) is 17.7 Å². The standard InChI is InChI=1S/C25H27N3O3/c1-18(16-24(30)28-22-13-7-11-20-10-5-6-12-21(20)22)27-25(31)17-26-23(29)15-14-19-8-3-2-4-9-19/h2-13,18H,14-17H2,1H3,(H,26,29)(H,27,31)(H,28,30). The van der Waals surface area contributed by atoms with Crippen molar-refractivity contribution in [1.82, 2.24) is 10.6 Å². The normalized spacial score (nSPS) is 11.5. The Hall–Kier alpha value is -3.67. The lowest BCUT2D eigenvalue weighted by atomic mass is 10.1. The monoisotopic (exact) mass is 417 g/mol. The fourth-order valence-corrected chi connectivity index (χ4v) is 3.36. The molecule has 1 unspecified atom stereocenters. The van der Waals surface area contributed by atoms with E-state index in [1.807, 2.05) is 72.8 Å². The van der Waals surface area contributed by atoms with Gasteiger partial charge in [-0.15, -0.1) is 0 Å². The average molecular weight is 418 g/mol. The third-order valence-corrected chi connectivity index (χ3v) is 4.89. The Morgan fingerprint density at radius 1 is 0.806 bits per heavy atom. The minimum absolute atomic E-state index is 0.108. The van der Waals surface area contributed by atoms with Crippen LogP contribution in [-0.2, 0) is 20.8 Å². The summed E-state index contributed by atoms with van der Waals surface area (Å²) < 4.78 is 0. The molecule has 3 aromatic rings. The third-order valence-electron chi connectivity index (χ3n) is 4.89. The van der Waals surface area contributed by atoms with Crippen molar-refractivity contribution in [3.63, 3.8) is 0 Å². The fourth-order valence-electron chi connectivity index (χ4n) is 3.36. The summed E-state index contributed by atoms with van der Waals surface area (Å²) in [5.41, 5.74) is 1.82. The van der Waals surface area contributed by atoms with Gasteiger partial charge < -0.3 is 16.0 Å². The maximum Gasteiger partial charge on any atom is 0.239 e. The highest BCUT2D eigenvalue weighted by molar-refractivity contribution is 6.02. The molecule has 0 bridgehead atoms. The van der Waals surface area contributed by atoms with Crippen LogP contribution in [-0.4, -0.2) is 30.3 Å². The van der Waals surface area contributed by atoms with Crippen LogP contribution in [0, 0.1) is 0 Å². The zero-order chi connectivity index (χ0) is 22.1. The molecule has 0 radical (unpaired) electrons. The van der Waals surface area contributed by atoms with Gasteiger partial charge in [0.1, 0.15) is 0 Å². The number of fused-ring (bicyclic) bond motifs is 1. The molecule has 6 nitrogen and oxygen atoms in total. The molecular weight excluding hydrogens is 390 g/mol. The van der Waals surface area contributed by atoms with Crippen LogP contribution < -0.4 is 16.0 Å². The summed E-state index contributed by atoms with van der Waals surface area (Å²) in [6.07, 6.45) is 1.08. The van der Waals surface area contributed by atoms with Crippen molar-refractivity contribution in [3.05, 3.63) is 78.4 Å². The van der Waals surface area contributed by atoms with Crippen molar-refractivity contribution < 1.29 is 14.4 Å². The molecule has 6 heteroatoms. The van der Waals surface area contributed by atoms with E-state index in [4.69, 9.17) is 0 Å². The average Bonchev–Trinajstić information content (AvgIpc) is 2.77. The highest BCUT2D eigenvalue weighted by Gasteiger charge is 2.14. The number of hydrogen-bond donors (Lipinski definition) is 3. The van der Waals surface area contributed by atoms with Crippen LogP contribution >= 0.6 is 0 Å². The number of nitrogens with one attached hydrogen (secondary N) is 3. The van der Waals surface area contributed by atoms with Gasteiger partial charge in [-0.2, -0.15) is 0 Å². The summed E-state index contributed by atoms with van der Waals surface area (Å²) in [7, 11) is 0. The number of carbonyl (C=O) groups excluding carboxylic acids is 3. The molecule has 31 heavy (non-hydrogen) atoms. The van der Waals surface area contributed by atoms with Gasteiger partial charge >= 0.3 is 0 Å². The minimum Gasteiger partial charge on any atom is -0.352 e. The molecule has 3 amide bonds.